The summed E-state index contributed by atoms with van der Waals surface area (Å²) >= 11 is 0. The molecule has 0 aliphatic carbocycles. The van der Waals surface area contributed by atoms with Crippen molar-refractivity contribution in [3.63, 3.8) is 0 Å². The first-order valence-corrected chi connectivity index (χ1v) is 5.00. The van der Waals surface area contributed by atoms with E-state index in [2.05, 4.69) is 4.90 Å². The summed E-state index contributed by atoms with van der Waals surface area (Å²) in [6.45, 7) is 2.64. The van der Waals surface area contributed by atoms with Gasteiger partial charge in [0.25, 0.3) is 0 Å². The average Bonchev–Trinajstić information content (AvgIpc) is 2.54. The number of likely N-dealkylation sites (tertiary alicyclic amines) is 1. The molecule has 14 heavy (non-hydrogen) atoms. The number of piperidine rings is 1. The molecule has 0 radical (unpaired) electrons. The molecule has 1 fully saturated rings. The third kappa shape index (κ3) is 2.35. The van der Waals surface area contributed by atoms with E-state index in [4.69, 9.17) is 15.9 Å². The molecule has 4 heteroatoms. The number of hydrogen-bond donors (Lipinski definition) is 2. The van der Waals surface area contributed by atoms with Crippen molar-refractivity contribution < 1.29 is 4.42 Å². The third-order valence-corrected chi connectivity index (χ3v) is 2.55. The second kappa shape index (κ2) is 4.13. The van der Waals surface area contributed by atoms with Crippen LogP contribution in [-0.4, -0.2) is 30.1 Å². The monoisotopic (exact) mass is 195 g/mol. The van der Waals surface area contributed by atoms with Crippen molar-refractivity contribution in [1.82, 2.24) is 4.90 Å². The van der Waals surface area contributed by atoms with Gasteiger partial charge >= 0.3 is 0 Å². The fraction of sp³-hybridized carbons (Fsp3) is 0.600. The molecule has 4 nitrogen and oxygen atoms in total. The molecule has 2 atom stereocenters. The Morgan fingerprint density at radius 3 is 2.64 bits per heavy atom. The highest BCUT2D eigenvalue weighted by atomic mass is 16.3. The Morgan fingerprint density at radius 2 is 2.07 bits per heavy atom. The van der Waals surface area contributed by atoms with Crippen LogP contribution in [0.15, 0.2) is 22.8 Å². The maximum absolute atomic E-state index is 5.89. The fourth-order valence-corrected chi connectivity index (χ4v) is 2.03. The van der Waals surface area contributed by atoms with Crippen LogP contribution in [0.3, 0.4) is 0 Å². The minimum Gasteiger partial charge on any atom is -0.468 e. The Hall–Kier alpha value is -0.840. The number of rotatable bonds is 2. The van der Waals surface area contributed by atoms with E-state index in [1.165, 1.54) is 0 Å². The zero-order valence-corrected chi connectivity index (χ0v) is 8.23. The van der Waals surface area contributed by atoms with Crippen LogP contribution in [0.25, 0.3) is 0 Å². The molecule has 1 aromatic heterocycles. The van der Waals surface area contributed by atoms with E-state index in [1.807, 2.05) is 12.1 Å². The normalized spacial score (nSPS) is 29.3. The SMILES string of the molecule is NC1CC(N)CN(Cc2ccco2)C1. The van der Waals surface area contributed by atoms with E-state index in [0.717, 1.165) is 31.8 Å². The van der Waals surface area contributed by atoms with Crippen molar-refractivity contribution in [2.24, 2.45) is 11.5 Å². The molecule has 78 valence electrons. The highest BCUT2D eigenvalue weighted by Gasteiger charge is 2.22. The molecule has 1 aliphatic heterocycles. The molecule has 1 aliphatic rings. The first kappa shape index (κ1) is 9.71. The van der Waals surface area contributed by atoms with Crippen molar-refractivity contribution in [3.8, 4) is 0 Å². The average molecular weight is 195 g/mol. The Morgan fingerprint density at radius 1 is 1.36 bits per heavy atom. The summed E-state index contributed by atoms with van der Waals surface area (Å²) in [5.74, 6) is 0.978. The van der Waals surface area contributed by atoms with Crippen LogP contribution in [0.5, 0.6) is 0 Å². The number of nitrogens with two attached hydrogens (primary N) is 2. The lowest BCUT2D eigenvalue weighted by Gasteiger charge is -2.33. The minimum absolute atomic E-state index is 0.203. The van der Waals surface area contributed by atoms with Crippen LogP contribution < -0.4 is 11.5 Å². The Bertz CT molecular complexity index is 263. The Labute approximate surface area is 83.8 Å². The van der Waals surface area contributed by atoms with Crippen LogP contribution in [0, 0.1) is 0 Å². The van der Waals surface area contributed by atoms with Gasteiger partial charge in [0.05, 0.1) is 12.8 Å². The topological polar surface area (TPSA) is 68.4 Å². The predicted octanol–water partition coefficient (Wildman–Crippen LogP) is 0.140. The smallest absolute Gasteiger partial charge is 0.117 e. The van der Waals surface area contributed by atoms with Crippen LogP contribution in [-0.2, 0) is 6.54 Å². The summed E-state index contributed by atoms with van der Waals surface area (Å²) in [6.07, 6.45) is 2.62. The minimum atomic E-state index is 0.203. The summed E-state index contributed by atoms with van der Waals surface area (Å²) in [6, 6.07) is 4.28. The largest absolute Gasteiger partial charge is 0.468 e. The highest BCUT2D eigenvalue weighted by Crippen LogP contribution is 2.12. The summed E-state index contributed by atoms with van der Waals surface area (Å²) in [7, 11) is 0. The molecule has 0 aromatic carbocycles. The van der Waals surface area contributed by atoms with Gasteiger partial charge in [-0.3, -0.25) is 4.90 Å². The van der Waals surface area contributed by atoms with Crippen LogP contribution in [0.2, 0.25) is 0 Å². The molecule has 1 aromatic rings. The lowest BCUT2D eigenvalue weighted by atomic mass is 10.0. The molecule has 2 rings (SSSR count). The molecule has 0 bridgehead atoms. The van der Waals surface area contributed by atoms with Gasteiger partial charge in [-0.25, -0.2) is 0 Å². The lowest BCUT2D eigenvalue weighted by Crippen LogP contribution is -2.51. The van der Waals surface area contributed by atoms with Crippen molar-refractivity contribution >= 4 is 0 Å². The van der Waals surface area contributed by atoms with Gasteiger partial charge in [-0.05, 0) is 18.6 Å². The Balaban J connectivity index is 1.91. The molecule has 0 spiro atoms. The van der Waals surface area contributed by atoms with E-state index >= 15 is 0 Å². The molecule has 2 heterocycles. The van der Waals surface area contributed by atoms with Gasteiger partial charge in [0.1, 0.15) is 5.76 Å². The van der Waals surface area contributed by atoms with Crippen LogP contribution >= 0.6 is 0 Å². The molecule has 1 saturated heterocycles. The summed E-state index contributed by atoms with van der Waals surface area (Å²) < 4.78 is 5.28. The van der Waals surface area contributed by atoms with Crippen molar-refractivity contribution in [1.29, 1.82) is 0 Å². The molecular weight excluding hydrogens is 178 g/mol. The van der Waals surface area contributed by atoms with Gasteiger partial charge < -0.3 is 15.9 Å². The van der Waals surface area contributed by atoms with Crippen molar-refractivity contribution in [2.75, 3.05) is 13.1 Å². The first-order chi connectivity index (χ1) is 6.74. The van der Waals surface area contributed by atoms with Gasteiger partial charge in [0.15, 0.2) is 0 Å². The lowest BCUT2D eigenvalue weighted by molar-refractivity contribution is 0.171. The maximum atomic E-state index is 5.89. The van der Waals surface area contributed by atoms with E-state index < -0.39 is 0 Å². The molecular formula is C10H17N3O. The van der Waals surface area contributed by atoms with Gasteiger partial charge in [-0.2, -0.15) is 0 Å². The molecule has 2 unspecified atom stereocenters. The zero-order chi connectivity index (χ0) is 9.97. The highest BCUT2D eigenvalue weighted by molar-refractivity contribution is 4.99. The van der Waals surface area contributed by atoms with Gasteiger partial charge in [0.2, 0.25) is 0 Å². The summed E-state index contributed by atoms with van der Waals surface area (Å²) in [4.78, 5) is 2.25. The van der Waals surface area contributed by atoms with E-state index in [-0.39, 0.29) is 12.1 Å². The van der Waals surface area contributed by atoms with Gasteiger partial charge in [-0.1, -0.05) is 0 Å². The number of furan rings is 1. The number of hydrogen-bond acceptors (Lipinski definition) is 4. The quantitative estimate of drug-likeness (QED) is 0.704. The zero-order valence-electron chi connectivity index (χ0n) is 8.23. The van der Waals surface area contributed by atoms with Gasteiger partial charge in [-0.15, -0.1) is 0 Å². The fourth-order valence-electron chi connectivity index (χ4n) is 2.03. The molecule has 0 saturated carbocycles. The maximum Gasteiger partial charge on any atom is 0.117 e. The van der Waals surface area contributed by atoms with E-state index in [0.29, 0.717) is 0 Å². The standard InChI is InChI=1S/C10H17N3O/c11-8-4-9(12)6-13(5-8)7-10-2-1-3-14-10/h1-3,8-9H,4-7,11-12H2. The Kier molecular flexibility index (Phi) is 2.86. The van der Waals surface area contributed by atoms with Crippen molar-refractivity contribution in [2.45, 2.75) is 25.0 Å². The summed E-state index contributed by atoms with van der Waals surface area (Å²) in [5.41, 5.74) is 11.8. The number of nitrogens with zero attached hydrogens (tertiary/aromatic N) is 1. The van der Waals surface area contributed by atoms with E-state index in [9.17, 15) is 0 Å². The van der Waals surface area contributed by atoms with E-state index in [1.54, 1.807) is 6.26 Å². The first-order valence-electron chi connectivity index (χ1n) is 5.00. The van der Waals surface area contributed by atoms with Crippen molar-refractivity contribution in [3.05, 3.63) is 24.2 Å². The second-order valence-corrected chi connectivity index (χ2v) is 4.03. The molecule has 0 amide bonds. The molecule has 4 N–H and O–H groups in total. The summed E-state index contributed by atoms with van der Waals surface area (Å²) in [5, 5.41) is 0. The van der Waals surface area contributed by atoms with Crippen LogP contribution in [0.4, 0.5) is 0 Å². The predicted molar refractivity (Wildman–Crippen MR) is 54.6 cm³/mol. The van der Waals surface area contributed by atoms with Crippen LogP contribution in [0.1, 0.15) is 12.2 Å². The van der Waals surface area contributed by atoms with Gasteiger partial charge in [0, 0.05) is 25.2 Å². The second-order valence-electron chi connectivity index (χ2n) is 4.03. The third-order valence-electron chi connectivity index (χ3n) is 2.55.